The van der Waals surface area contributed by atoms with Gasteiger partial charge in [-0.15, -0.1) is 0 Å². The van der Waals surface area contributed by atoms with Crippen LogP contribution >= 0.6 is 0 Å². The molecule has 1 fully saturated rings. The highest BCUT2D eigenvalue weighted by molar-refractivity contribution is 5.47. The molecule has 1 aliphatic rings. The van der Waals surface area contributed by atoms with Gasteiger partial charge < -0.3 is 4.90 Å². The minimum Gasteiger partial charge on any atom is -0.356 e. The summed E-state index contributed by atoms with van der Waals surface area (Å²) in [6.45, 7) is 1.19. The molecular formula is C13H20N2. The molecule has 1 heterocycles. The Morgan fingerprint density at radius 2 is 1.87 bits per heavy atom. The molecule has 0 amide bonds. The molecular weight excluding hydrogens is 184 g/mol. The molecule has 2 rings (SSSR count). The van der Waals surface area contributed by atoms with Gasteiger partial charge in [0, 0.05) is 12.2 Å². The lowest BCUT2D eigenvalue weighted by atomic mass is 10.1. The molecule has 15 heavy (non-hydrogen) atoms. The van der Waals surface area contributed by atoms with Crippen LogP contribution in [0, 0.1) is 0 Å². The fourth-order valence-electron chi connectivity index (χ4n) is 2.37. The number of para-hydroxylation sites is 1. The first-order valence-corrected chi connectivity index (χ1v) is 5.77. The zero-order valence-electron chi connectivity index (χ0n) is 9.69. The molecule has 0 N–H and O–H groups in total. The van der Waals surface area contributed by atoms with Crippen LogP contribution in [0.25, 0.3) is 0 Å². The first-order chi connectivity index (χ1) is 7.29. The lowest BCUT2D eigenvalue weighted by Gasteiger charge is -2.41. The molecule has 0 aromatic heterocycles. The third-order valence-corrected chi connectivity index (χ3v) is 3.16. The predicted octanol–water partition coefficient (Wildman–Crippen LogP) is 2.56. The summed E-state index contributed by atoms with van der Waals surface area (Å²) in [5.74, 6) is 0. The number of anilines is 1. The van der Waals surface area contributed by atoms with E-state index < -0.39 is 0 Å². The van der Waals surface area contributed by atoms with Gasteiger partial charge in [0.15, 0.2) is 0 Å². The van der Waals surface area contributed by atoms with Gasteiger partial charge in [0.25, 0.3) is 0 Å². The Morgan fingerprint density at radius 1 is 1.13 bits per heavy atom. The van der Waals surface area contributed by atoms with Gasteiger partial charge in [0.2, 0.25) is 0 Å². The molecule has 0 bridgehead atoms. The Kier molecular flexibility index (Phi) is 3.27. The van der Waals surface area contributed by atoms with E-state index in [-0.39, 0.29) is 0 Å². The normalized spacial score (nSPS) is 22.1. The lowest BCUT2D eigenvalue weighted by molar-refractivity contribution is 0.241. The molecule has 1 aliphatic heterocycles. The Hall–Kier alpha value is -1.02. The molecule has 1 atom stereocenters. The van der Waals surface area contributed by atoms with Gasteiger partial charge in [-0.1, -0.05) is 18.2 Å². The van der Waals surface area contributed by atoms with Crippen LogP contribution in [0.2, 0.25) is 0 Å². The van der Waals surface area contributed by atoms with Crippen molar-refractivity contribution in [1.29, 1.82) is 0 Å². The summed E-state index contributed by atoms with van der Waals surface area (Å²) >= 11 is 0. The molecule has 2 heteroatoms. The van der Waals surface area contributed by atoms with Gasteiger partial charge >= 0.3 is 0 Å². The first-order valence-electron chi connectivity index (χ1n) is 5.77. The third-order valence-electron chi connectivity index (χ3n) is 3.16. The minimum atomic E-state index is 0.571. The van der Waals surface area contributed by atoms with E-state index in [1.54, 1.807) is 0 Å². The summed E-state index contributed by atoms with van der Waals surface area (Å²) in [5.41, 5.74) is 1.36. The maximum Gasteiger partial charge on any atom is 0.0815 e. The van der Waals surface area contributed by atoms with Gasteiger partial charge in [-0.3, -0.25) is 4.90 Å². The Bertz CT molecular complexity index is 295. The van der Waals surface area contributed by atoms with E-state index in [1.165, 1.54) is 31.5 Å². The average molecular weight is 204 g/mol. The SMILES string of the molecule is CN(C)C1CCCCN1c1ccccc1. The van der Waals surface area contributed by atoms with Gasteiger partial charge in [-0.25, -0.2) is 0 Å². The van der Waals surface area contributed by atoms with E-state index in [4.69, 9.17) is 0 Å². The number of benzene rings is 1. The standard InChI is InChI=1S/C13H20N2/c1-14(2)13-10-6-7-11-15(13)12-8-4-3-5-9-12/h3-5,8-9,13H,6-7,10-11H2,1-2H3. The number of rotatable bonds is 2. The van der Waals surface area contributed by atoms with Crippen molar-refractivity contribution in [1.82, 2.24) is 4.90 Å². The van der Waals surface area contributed by atoms with Crippen LogP contribution in [0.15, 0.2) is 30.3 Å². The summed E-state index contributed by atoms with van der Waals surface area (Å²) in [5, 5.41) is 0. The van der Waals surface area contributed by atoms with Crippen LogP contribution in [0.1, 0.15) is 19.3 Å². The van der Waals surface area contributed by atoms with Gasteiger partial charge in [0.1, 0.15) is 0 Å². The second-order valence-corrected chi connectivity index (χ2v) is 4.47. The monoisotopic (exact) mass is 204 g/mol. The fourth-order valence-corrected chi connectivity index (χ4v) is 2.37. The van der Waals surface area contributed by atoms with Crippen LogP contribution in [-0.4, -0.2) is 31.7 Å². The van der Waals surface area contributed by atoms with E-state index in [0.29, 0.717) is 6.17 Å². The van der Waals surface area contributed by atoms with Crippen LogP contribution in [0.4, 0.5) is 5.69 Å². The summed E-state index contributed by atoms with van der Waals surface area (Å²) in [7, 11) is 4.35. The summed E-state index contributed by atoms with van der Waals surface area (Å²) in [6.07, 6.45) is 4.52. The summed E-state index contributed by atoms with van der Waals surface area (Å²) < 4.78 is 0. The average Bonchev–Trinajstić information content (AvgIpc) is 2.30. The maximum absolute atomic E-state index is 2.52. The van der Waals surface area contributed by atoms with Gasteiger partial charge in [-0.2, -0.15) is 0 Å². The highest BCUT2D eigenvalue weighted by Gasteiger charge is 2.23. The van der Waals surface area contributed by atoms with Crippen molar-refractivity contribution in [2.24, 2.45) is 0 Å². The molecule has 1 aromatic carbocycles. The van der Waals surface area contributed by atoms with Gasteiger partial charge in [-0.05, 0) is 45.5 Å². The van der Waals surface area contributed by atoms with E-state index >= 15 is 0 Å². The van der Waals surface area contributed by atoms with Crippen molar-refractivity contribution in [3.05, 3.63) is 30.3 Å². The fraction of sp³-hybridized carbons (Fsp3) is 0.538. The van der Waals surface area contributed by atoms with E-state index in [2.05, 4.69) is 54.2 Å². The van der Waals surface area contributed by atoms with Gasteiger partial charge in [0.05, 0.1) is 6.17 Å². The second kappa shape index (κ2) is 4.67. The van der Waals surface area contributed by atoms with E-state index in [9.17, 15) is 0 Å². The molecule has 0 saturated carbocycles. The zero-order chi connectivity index (χ0) is 10.7. The van der Waals surface area contributed by atoms with Crippen LogP contribution < -0.4 is 4.90 Å². The van der Waals surface area contributed by atoms with Crippen LogP contribution in [-0.2, 0) is 0 Å². The topological polar surface area (TPSA) is 6.48 Å². The first kappa shape index (κ1) is 10.5. The highest BCUT2D eigenvalue weighted by Crippen LogP contribution is 2.25. The molecule has 0 radical (unpaired) electrons. The Balaban J connectivity index is 2.18. The minimum absolute atomic E-state index is 0.571. The maximum atomic E-state index is 2.52. The second-order valence-electron chi connectivity index (χ2n) is 4.47. The highest BCUT2D eigenvalue weighted by atomic mass is 15.3. The molecule has 1 unspecified atom stereocenters. The van der Waals surface area contributed by atoms with E-state index in [0.717, 1.165) is 0 Å². The zero-order valence-corrected chi connectivity index (χ0v) is 9.69. The van der Waals surface area contributed by atoms with E-state index in [1.807, 2.05) is 0 Å². The van der Waals surface area contributed by atoms with Crippen molar-refractivity contribution in [2.45, 2.75) is 25.4 Å². The largest absolute Gasteiger partial charge is 0.356 e. The van der Waals surface area contributed by atoms with Crippen molar-refractivity contribution in [3.8, 4) is 0 Å². The number of hydrogen-bond donors (Lipinski definition) is 0. The van der Waals surface area contributed by atoms with Crippen molar-refractivity contribution >= 4 is 5.69 Å². The smallest absolute Gasteiger partial charge is 0.0815 e. The Labute approximate surface area is 92.5 Å². The van der Waals surface area contributed by atoms with Crippen LogP contribution in [0.3, 0.4) is 0 Å². The molecule has 82 valence electrons. The van der Waals surface area contributed by atoms with Crippen molar-refractivity contribution in [3.63, 3.8) is 0 Å². The summed E-state index contributed by atoms with van der Waals surface area (Å²) in [6, 6.07) is 10.7. The van der Waals surface area contributed by atoms with Crippen molar-refractivity contribution < 1.29 is 0 Å². The quantitative estimate of drug-likeness (QED) is 0.730. The third kappa shape index (κ3) is 2.32. The molecule has 0 aliphatic carbocycles. The Morgan fingerprint density at radius 3 is 2.53 bits per heavy atom. The lowest BCUT2D eigenvalue weighted by Crippen LogP contribution is -2.48. The number of hydrogen-bond acceptors (Lipinski definition) is 2. The molecule has 0 spiro atoms. The molecule has 1 aromatic rings. The van der Waals surface area contributed by atoms with Crippen LogP contribution in [0.5, 0.6) is 0 Å². The molecule has 1 saturated heterocycles. The van der Waals surface area contributed by atoms with Crippen molar-refractivity contribution in [2.75, 3.05) is 25.5 Å². The predicted molar refractivity (Wildman–Crippen MR) is 65.1 cm³/mol. The number of nitrogens with zero attached hydrogens (tertiary/aromatic N) is 2. The molecule has 2 nitrogen and oxygen atoms in total. The summed E-state index contributed by atoms with van der Waals surface area (Å²) in [4.78, 5) is 4.84. The number of piperidine rings is 1.